The number of rotatable bonds is 14. The summed E-state index contributed by atoms with van der Waals surface area (Å²) in [4.78, 5) is 53.3. The number of amides is 3. The Kier molecular flexibility index (Phi) is 15.1. The van der Waals surface area contributed by atoms with E-state index < -0.39 is 54.3 Å². The molecule has 2 aliphatic rings. The number of nitrogens with one attached hydrogen (secondary N) is 2. The first-order chi connectivity index (χ1) is 26.0. The summed E-state index contributed by atoms with van der Waals surface area (Å²) in [5.41, 5.74) is 2.68. The molecule has 300 valence electrons. The number of hydrogen-bond acceptors (Lipinski definition) is 11. The zero-order valence-electron chi connectivity index (χ0n) is 31.8. The van der Waals surface area contributed by atoms with Gasteiger partial charge < -0.3 is 45.8 Å². The van der Waals surface area contributed by atoms with Crippen LogP contribution in [0.15, 0.2) is 59.8 Å². The lowest BCUT2D eigenvalue weighted by atomic mass is 9.83. The predicted octanol–water partition coefficient (Wildman–Crippen LogP) is 2.15. The number of carboxylic acid groups (broad SMARTS) is 1. The van der Waals surface area contributed by atoms with E-state index in [4.69, 9.17) is 25.5 Å². The van der Waals surface area contributed by atoms with Gasteiger partial charge in [-0.15, -0.1) is 0 Å². The maximum absolute atomic E-state index is 14.0. The third kappa shape index (κ3) is 11.2. The third-order valence-electron chi connectivity index (χ3n) is 9.68. The van der Waals surface area contributed by atoms with Crippen LogP contribution in [-0.2, 0) is 20.9 Å². The fourth-order valence-electron chi connectivity index (χ4n) is 6.48. The van der Waals surface area contributed by atoms with Gasteiger partial charge in [0.1, 0.15) is 31.4 Å². The minimum Gasteiger partial charge on any atom is -0.480 e. The lowest BCUT2D eigenvalue weighted by molar-refractivity contribution is -0.137. The maximum atomic E-state index is 14.0. The topological polar surface area (TPSA) is 237 Å². The maximum Gasteiger partial charge on any atom is 0.345 e. The van der Waals surface area contributed by atoms with Gasteiger partial charge in [0.2, 0.25) is 5.91 Å². The Balaban J connectivity index is 0.000000444. The second kappa shape index (κ2) is 19.2. The van der Waals surface area contributed by atoms with E-state index in [1.807, 2.05) is 51.1 Å². The quantitative estimate of drug-likeness (QED) is 0.118. The van der Waals surface area contributed by atoms with E-state index in [2.05, 4.69) is 10.6 Å². The van der Waals surface area contributed by atoms with Gasteiger partial charge in [-0.05, 0) is 49.5 Å². The number of fused-ring (bicyclic) bond motifs is 2. The van der Waals surface area contributed by atoms with Crippen molar-refractivity contribution >= 4 is 51.7 Å². The van der Waals surface area contributed by atoms with Crippen molar-refractivity contribution < 1.29 is 49.8 Å². The van der Waals surface area contributed by atoms with Gasteiger partial charge in [-0.2, -0.15) is 5.10 Å². The van der Waals surface area contributed by atoms with Crippen LogP contribution in [0.3, 0.4) is 0 Å². The number of Topliss-reactive ketones (excluding diaryl/α,β-unsaturated/α-hetero) is 1. The van der Waals surface area contributed by atoms with Gasteiger partial charge in [0.25, 0.3) is 0 Å². The molecule has 3 amide bonds. The highest BCUT2D eigenvalue weighted by atomic mass is 16.4. The average molecular weight is 767 g/mol. The Morgan fingerprint density at radius 3 is 2.22 bits per heavy atom. The number of anilines is 2. The number of hydrogen-bond donors (Lipinski definition) is 8. The number of likely N-dealkylation sites (N-methyl/N-ethyl adjacent to an activating group) is 1. The summed E-state index contributed by atoms with van der Waals surface area (Å²) in [7, 11) is 1.57. The van der Waals surface area contributed by atoms with E-state index in [0.717, 1.165) is 48.8 Å². The summed E-state index contributed by atoms with van der Waals surface area (Å²) >= 11 is 0. The predicted molar refractivity (Wildman–Crippen MR) is 207 cm³/mol. The minimum atomic E-state index is -1.55. The number of benzene rings is 2. The smallest absolute Gasteiger partial charge is 0.345 e. The fraction of sp³-hybridized carbons (Fsp3) is 0.513. The van der Waals surface area contributed by atoms with Crippen molar-refractivity contribution in [1.82, 2.24) is 14.9 Å². The molecule has 1 fully saturated rings. The molecule has 0 bridgehead atoms. The Labute approximate surface area is 320 Å². The second-order valence-corrected chi connectivity index (χ2v) is 15.0. The number of carbonyl (C=O) groups is 4. The first-order valence-electron chi connectivity index (χ1n) is 18.4. The van der Waals surface area contributed by atoms with E-state index in [1.54, 1.807) is 36.0 Å². The monoisotopic (exact) mass is 766 g/mol. The van der Waals surface area contributed by atoms with Gasteiger partial charge in [0.05, 0.1) is 36.2 Å². The molecule has 16 nitrogen and oxygen atoms in total. The Hall–Kier alpha value is -4.71. The van der Waals surface area contributed by atoms with Crippen molar-refractivity contribution in [2.24, 2.45) is 16.4 Å². The van der Waals surface area contributed by atoms with Gasteiger partial charge in [-0.3, -0.25) is 19.3 Å². The summed E-state index contributed by atoms with van der Waals surface area (Å²) in [6, 6.07) is 14.1. The van der Waals surface area contributed by atoms with Gasteiger partial charge in [-0.1, -0.05) is 64.3 Å². The van der Waals surface area contributed by atoms with Crippen LogP contribution in [0.25, 0.3) is 10.9 Å². The highest BCUT2D eigenvalue weighted by Crippen LogP contribution is 2.34. The SMILES string of the molecule is CC(C)(C)C(=O)CN1C(=O)N(CC(=O)Nc2ccc3ccn(CC(=O)O)c3c2)N=C(C2CCCCC2)c2ccccc21.CNC[C@H](O)[C@@H](O)[C@H](O)[C@H](O)CO. The number of hydrazone groups is 1. The van der Waals surface area contributed by atoms with E-state index in [-0.39, 0.29) is 37.9 Å². The number of carbonyl (C=O) groups excluding carboxylic acids is 3. The molecule has 4 atom stereocenters. The molecule has 3 aromatic rings. The van der Waals surface area contributed by atoms with E-state index >= 15 is 0 Å². The van der Waals surface area contributed by atoms with Crippen LogP contribution < -0.4 is 15.5 Å². The van der Waals surface area contributed by atoms with Gasteiger partial charge in [0.15, 0.2) is 5.78 Å². The number of aliphatic hydroxyl groups is 5. The summed E-state index contributed by atoms with van der Waals surface area (Å²) in [5.74, 6) is -1.39. The van der Waals surface area contributed by atoms with Crippen LogP contribution in [0.4, 0.5) is 16.2 Å². The number of aliphatic carboxylic acids is 1. The van der Waals surface area contributed by atoms with Crippen molar-refractivity contribution in [2.45, 2.75) is 83.8 Å². The summed E-state index contributed by atoms with van der Waals surface area (Å²) in [6.45, 7) is 4.21. The number of aliphatic hydroxyl groups excluding tert-OH is 5. The number of aromatic nitrogens is 1. The molecule has 1 aliphatic carbocycles. The summed E-state index contributed by atoms with van der Waals surface area (Å²) < 4.78 is 1.59. The fourth-order valence-corrected chi connectivity index (χ4v) is 6.48. The molecule has 0 unspecified atom stereocenters. The molecule has 1 saturated carbocycles. The molecule has 0 saturated heterocycles. The molecule has 0 radical (unpaired) electrons. The normalized spacial score (nSPS) is 17.3. The third-order valence-corrected chi connectivity index (χ3v) is 9.68. The van der Waals surface area contributed by atoms with Gasteiger partial charge >= 0.3 is 12.0 Å². The van der Waals surface area contributed by atoms with Crippen molar-refractivity contribution in [3.63, 3.8) is 0 Å². The standard InChI is InChI=1S/C32H37N5O5.C7H17NO5/c1-32(2,3)27(38)18-36-25-12-8-7-11-24(25)30(22-9-5-4-6-10-22)34-37(31(36)42)19-28(39)33-23-14-13-21-15-16-35(20-29(40)41)26(21)17-23;1-8-2-4(10)6(12)7(13)5(11)3-9/h7-8,11-17,22H,4-6,9-10,18-20H2,1-3H3,(H,33,39)(H,40,41);4-13H,2-3H2,1H3/t;4-,5+,6+,7+/m.0/s1. The average Bonchev–Trinajstić information content (AvgIpc) is 3.50. The Morgan fingerprint density at radius 1 is 0.909 bits per heavy atom. The van der Waals surface area contributed by atoms with Crippen LogP contribution in [-0.4, -0.2) is 127 Å². The number of nitrogens with zero attached hydrogens (tertiary/aromatic N) is 4. The number of ketones is 1. The highest BCUT2D eigenvalue weighted by molar-refractivity contribution is 6.13. The molecule has 0 spiro atoms. The zero-order chi connectivity index (χ0) is 40.4. The molecular weight excluding hydrogens is 712 g/mol. The molecule has 2 aromatic carbocycles. The molecule has 5 rings (SSSR count). The summed E-state index contributed by atoms with van der Waals surface area (Å²) in [5, 5.41) is 66.4. The van der Waals surface area contributed by atoms with Crippen LogP contribution in [0, 0.1) is 11.3 Å². The molecule has 55 heavy (non-hydrogen) atoms. The Bertz CT molecular complexity index is 1830. The van der Waals surface area contributed by atoms with Gasteiger partial charge in [-0.25, -0.2) is 9.80 Å². The van der Waals surface area contributed by atoms with Crippen LogP contribution in [0.2, 0.25) is 0 Å². The first kappa shape index (κ1) is 43.0. The lowest BCUT2D eigenvalue weighted by Gasteiger charge is -2.28. The summed E-state index contributed by atoms with van der Waals surface area (Å²) in [6.07, 6.45) is 1.22. The van der Waals surface area contributed by atoms with Crippen molar-refractivity contribution in [1.29, 1.82) is 0 Å². The molecular formula is C39H54N6O10. The van der Waals surface area contributed by atoms with E-state index in [1.165, 1.54) is 9.91 Å². The van der Waals surface area contributed by atoms with E-state index in [9.17, 15) is 29.4 Å². The number of carboxylic acids is 1. The zero-order valence-corrected chi connectivity index (χ0v) is 31.8. The lowest BCUT2D eigenvalue weighted by Crippen LogP contribution is -2.48. The van der Waals surface area contributed by atoms with Crippen LogP contribution in [0.5, 0.6) is 0 Å². The Morgan fingerprint density at radius 2 is 1.58 bits per heavy atom. The van der Waals surface area contributed by atoms with E-state index in [0.29, 0.717) is 16.9 Å². The van der Waals surface area contributed by atoms with Crippen molar-refractivity contribution in [3.8, 4) is 0 Å². The molecule has 8 N–H and O–H groups in total. The molecule has 1 aromatic heterocycles. The minimum absolute atomic E-state index is 0.0936. The highest BCUT2D eigenvalue weighted by Gasteiger charge is 2.36. The molecule has 16 heteroatoms. The van der Waals surface area contributed by atoms with Gasteiger partial charge in [0, 0.05) is 35.3 Å². The molecule has 1 aliphatic heterocycles. The van der Waals surface area contributed by atoms with Crippen LogP contribution in [0.1, 0.15) is 58.4 Å². The van der Waals surface area contributed by atoms with Crippen LogP contribution >= 0.6 is 0 Å². The molecule has 2 heterocycles. The number of urea groups is 1. The number of para-hydroxylation sites is 1. The van der Waals surface area contributed by atoms with Crippen molar-refractivity contribution in [2.75, 3.05) is 43.5 Å². The first-order valence-corrected chi connectivity index (χ1v) is 18.4. The largest absolute Gasteiger partial charge is 0.480 e. The second-order valence-electron chi connectivity index (χ2n) is 15.0. The van der Waals surface area contributed by atoms with Crippen molar-refractivity contribution in [3.05, 3.63) is 60.3 Å².